The summed E-state index contributed by atoms with van der Waals surface area (Å²) in [6.45, 7) is 8.14. The van der Waals surface area contributed by atoms with Crippen LogP contribution in [0.2, 0.25) is 0 Å². The summed E-state index contributed by atoms with van der Waals surface area (Å²) in [5.74, 6) is 2.03. The summed E-state index contributed by atoms with van der Waals surface area (Å²) in [4.78, 5) is 0. The van der Waals surface area contributed by atoms with E-state index in [0.717, 1.165) is 36.2 Å². The predicted octanol–water partition coefficient (Wildman–Crippen LogP) is 4.33. The standard InChI is InChI=1S/C15H24BrNO/c1-4-9-18-15-6-5-13(16)10-14(15)12(3)11(2)7-8-17/h5-6,10-12H,4,7-9,17H2,1-3H3. The van der Waals surface area contributed by atoms with Crippen molar-refractivity contribution in [3.8, 4) is 5.75 Å². The maximum absolute atomic E-state index is 5.84. The van der Waals surface area contributed by atoms with Crippen LogP contribution in [0, 0.1) is 5.92 Å². The first-order valence-electron chi connectivity index (χ1n) is 6.72. The van der Waals surface area contributed by atoms with E-state index in [4.69, 9.17) is 10.5 Å². The number of rotatable bonds is 7. The molecule has 0 saturated carbocycles. The Morgan fingerprint density at radius 1 is 1.33 bits per heavy atom. The van der Waals surface area contributed by atoms with Gasteiger partial charge < -0.3 is 10.5 Å². The van der Waals surface area contributed by atoms with Crippen LogP contribution in [0.25, 0.3) is 0 Å². The molecule has 18 heavy (non-hydrogen) atoms. The highest BCUT2D eigenvalue weighted by molar-refractivity contribution is 9.10. The highest BCUT2D eigenvalue weighted by Gasteiger charge is 2.18. The van der Waals surface area contributed by atoms with Crippen LogP contribution >= 0.6 is 15.9 Å². The van der Waals surface area contributed by atoms with Gasteiger partial charge in [0.15, 0.2) is 0 Å². The monoisotopic (exact) mass is 313 g/mol. The SMILES string of the molecule is CCCOc1ccc(Br)cc1C(C)C(C)CCN. The minimum absolute atomic E-state index is 0.456. The Morgan fingerprint density at radius 3 is 2.67 bits per heavy atom. The maximum atomic E-state index is 5.84. The van der Waals surface area contributed by atoms with Crippen molar-refractivity contribution in [2.24, 2.45) is 11.7 Å². The lowest BCUT2D eigenvalue weighted by Crippen LogP contribution is -2.13. The molecule has 1 aromatic carbocycles. The van der Waals surface area contributed by atoms with Crippen molar-refractivity contribution in [2.45, 2.75) is 39.5 Å². The fourth-order valence-corrected chi connectivity index (χ4v) is 2.42. The Hall–Kier alpha value is -0.540. The molecule has 0 spiro atoms. The van der Waals surface area contributed by atoms with E-state index in [1.807, 2.05) is 6.07 Å². The van der Waals surface area contributed by atoms with Crippen molar-refractivity contribution in [2.75, 3.05) is 13.2 Å². The van der Waals surface area contributed by atoms with E-state index in [2.05, 4.69) is 48.8 Å². The number of ether oxygens (including phenoxy) is 1. The number of nitrogens with two attached hydrogens (primary N) is 1. The average Bonchev–Trinajstić information content (AvgIpc) is 2.36. The van der Waals surface area contributed by atoms with Gasteiger partial charge in [0.05, 0.1) is 6.61 Å². The van der Waals surface area contributed by atoms with E-state index >= 15 is 0 Å². The smallest absolute Gasteiger partial charge is 0.122 e. The predicted molar refractivity (Wildman–Crippen MR) is 81.2 cm³/mol. The lowest BCUT2D eigenvalue weighted by atomic mass is 9.86. The largest absolute Gasteiger partial charge is 0.493 e. The van der Waals surface area contributed by atoms with Crippen molar-refractivity contribution < 1.29 is 4.74 Å². The van der Waals surface area contributed by atoms with Gasteiger partial charge in [-0.1, -0.05) is 36.7 Å². The van der Waals surface area contributed by atoms with E-state index in [0.29, 0.717) is 11.8 Å². The molecule has 0 saturated heterocycles. The molecule has 1 rings (SSSR count). The molecule has 0 amide bonds. The second-order valence-corrected chi connectivity index (χ2v) is 5.79. The van der Waals surface area contributed by atoms with E-state index < -0.39 is 0 Å². The minimum Gasteiger partial charge on any atom is -0.493 e. The summed E-state index contributed by atoms with van der Waals surface area (Å²) in [6.07, 6.45) is 2.07. The molecule has 0 aliphatic heterocycles. The number of halogens is 1. The Bertz CT molecular complexity index is 368. The summed E-state index contributed by atoms with van der Waals surface area (Å²) in [5, 5.41) is 0. The van der Waals surface area contributed by atoms with Crippen molar-refractivity contribution >= 4 is 15.9 Å². The zero-order chi connectivity index (χ0) is 13.5. The van der Waals surface area contributed by atoms with Gasteiger partial charge in [0.2, 0.25) is 0 Å². The van der Waals surface area contributed by atoms with Crippen LogP contribution in [-0.2, 0) is 0 Å². The summed E-state index contributed by atoms with van der Waals surface area (Å²) < 4.78 is 6.94. The zero-order valence-electron chi connectivity index (χ0n) is 11.6. The molecular weight excluding hydrogens is 290 g/mol. The number of hydrogen-bond acceptors (Lipinski definition) is 2. The molecule has 0 aliphatic carbocycles. The molecule has 1 aromatic rings. The van der Waals surface area contributed by atoms with Gasteiger partial charge in [-0.3, -0.25) is 0 Å². The van der Waals surface area contributed by atoms with Crippen LogP contribution in [0.5, 0.6) is 5.75 Å². The lowest BCUT2D eigenvalue weighted by molar-refractivity contribution is 0.308. The van der Waals surface area contributed by atoms with E-state index in [-0.39, 0.29) is 0 Å². The van der Waals surface area contributed by atoms with E-state index in [1.165, 1.54) is 5.56 Å². The van der Waals surface area contributed by atoms with Gasteiger partial charge in [0, 0.05) is 4.47 Å². The molecule has 2 atom stereocenters. The van der Waals surface area contributed by atoms with Gasteiger partial charge in [-0.25, -0.2) is 0 Å². The highest BCUT2D eigenvalue weighted by Crippen LogP contribution is 2.35. The molecular formula is C15H24BrNO. The van der Waals surface area contributed by atoms with Crippen LogP contribution in [-0.4, -0.2) is 13.2 Å². The summed E-state index contributed by atoms with van der Waals surface area (Å²) >= 11 is 3.54. The summed E-state index contributed by atoms with van der Waals surface area (Å²) in [6, 6.07) is 6.26. The maximum Gasteiger partial charge on any atom is 0.122 e. The zero-order valence-corrected chi connectivity index (χ0v) is 13.2. The molecule has 0 radical (unpaired) electrons. The van der Waals surface area contributed by atoms with Crippen LogP contribution in [0.15, 0.2) is 22.7 Å². The molecule has 2 unspecified atom stereocenters. The average molecular weight is 314 g/mol. The molecule has 2 nitrogen and oxygen atoms in total. The topological polar surface area (TPSA) is 35.2 Å². The van der Waals surface area contributed by atoms with Crippen molar-refractivity contribution in [3.05, 3.63) is 28.2 Å². The van der Waals surface area contributed by atoms with Gasteiger partial charge in [-0.2, -0.15) is 0 Å². The van der Waals surface area contributed by atoms with Crippen molar-refractivity contribution in [3.63, 3.8) is 0 Å². The third-order valence-electron chi connectivity index (χ3n) is 3.40. The third kappa shape index (κ3) is 4.29. The summed E-state index contributed by atoms with van der Waals surface area (Å²) in [7, 11) is 0. The number of benzene rings is 1. The first-order chi connectivity index (χ1) is 8.60. The molecule has 0 aromatic heterocycles. The quantitative estimate of drug-likeness (QED) is 0.813. The second kappa shape index (κ2) is 7.80. The van der Waals surface area contributed by atoms with Crippen molar-refractivity contribution in [1.82, 2.24) is 0 Å². The van der Waals surface area contributed by atoms with E-state index in [9.17, 15) is 0 Å². The molecule has 0 fully saturated rings. The van der Waals surface area contributed by atoms with Gasteiger partial charge >= 0.3 is 0 Å². The van der Waals surface area contributed by atoms with Crippen LogP contribution < -0.4 is 10.5 Å². The Kier molecular flexibility index (Phi) is 6.72. The molecule has 102 valence electrons. The van der Waals surface area contributed by atoms with Crippen LogP contribution in [0.4, 0.5) is 0 Å². The summed E-state index contributed by atoms with van der Waals surface area (Å²) in [5.41, 5.74) is 6.93. The van der Waals surface area contributed by atoms with Crippen LogP contribution in [0.1, 0.15) is 45.1 Å². The van der Waals surface area contributed by atoms with Crippen LogP contribution in [0.3, 0.4) is 0 Å². The first kappa shape index (κ1) is 15.5. The molecule has 0 bridgehead atoms. The fourth-order valence-electron chi connectivity index (χ4n) is 2.04. The van der Waals surface area contributed by atoms with E-state index in [1.54, 1.807) is 0 Å². The first-order valence-corrected chi connectivity index (χ1v) is 7.51. The molecule has 0 aliphatic rings. The lowest BCUT2D eigenvalue weighted by Gasteiger charge is -2.22. The molecule has 3 heteroatoms. The normalized spacial score (nSPS) is 14.3. The Morgan fingerprint density at radius 2 is 2.06 bits per heavy atom. The Labute approximate surface area is 119 Å². The van der Waals surface area contributed by atoms with Gasteiger partial charge in [0.25, 0.3) is 0 Å². The molecule has 2 N–H and O–H groups in total. The van der Waals surface area contributed by atoms with Gasteiger partial charge in [-0.15, -0.1) is 0 Å². The fraction of sp³-hybridized carbons (Fsp3) is 0.600. The minimum atomic E-state index is 0.456. The third-order valence-corrected chi connectivity index (χ3v) is 3.89. The highest BCUT2D eigenvalue weighted by atomic mass is 79.9. The van der Waals surface area contributed by atoms with Crippen molar-refractivity contribution in [1.29, 1.82) is 0 Å². The number of hydrogen-bond donors (Lipinski definition) is 1. The Balaban J connectivity index is 2.92. The van der Waals surface area contributed by atoms with Gasteiger partial charge in [-0.05, 0) is 55.0 Å². The second-order valence-electron chi connectivity index (χ2n) is 4.87. The molecule has 0 heterocycles. The van der Waals surface area contributed by atoms with Gasteiger partial charge in [0.1, 0.15) is 5.75 Å².